The molecule has 2 saturated heterocycles. The molecule has 2 atom stereocenters. The zero-order chi connectivity index (χ0) is 34.3. The van der Waals surface area contributed by atoms with Crippen molar-refractivity contribution >= 4 is 23.6 Å². The minimum atomic E-state index is -0.624. The molecule has 0 radical (unpaired) electrons. The summed E-state index contributed by atoms with van der Waals surface area (Å²) in [6, 6.07) is 12.3. The quantitative estimate of drug-likeness (QED) is 0.433. The number of rotatable bonds is 3. The molecule has 0 spiro atoms. The highest BCUT2D eigenvalue weighted by atomic mass is 19.1. The summed E-state index contributed by atoms with van der Waals surface area (Å²) in [5.74, 6) is -0.459. The Hall–Kier alpha value is -5.20. The van der Waals surface area contributed by atoms with Gasteiger partial charge >= 0.3 is 0 Å². The Kier molecular flexibility index (Phi) is 10.6. The van der Waals surface area contributed by atoms with Crippen molar-refractivity contribution in [1.29, 1.82) is 0 Å². The molecule has 3 aromatic rings. The van der Waals surface area contributed by atoms with E-state index in [0.29, 0.717) is 67.9 Å². The van der Waals surface area contributed by atoms with Gasteiger partial charge < -0.3 is 34.6 Å². The van der Waals surface area contributed by atoms with Gasteiger partial charge in [-0.1, -0.05) is 6.07 Å². The highest BCUT2D eigenvalue weighted by molar-refractivity contribution is 5.94. The van der Waals surface area contributed by atoms with Crippen LogP contribution in [0.25, 0.3) is 0 Å². The van der Waals surface area contributed by atoms with Crippen LogP contribution in [0.4, 0.5) is 4.39 Å². The highest BCUT2D eigenvalue weighted by Gasteiger charge is 2.38. The number of carbonyl (C=O) groups excluding carboxylic acids is 4. The highest BCUT2D eigenvalue weighted by Crippen LogP contribution is 2.29. The normalized spacial score (nSPS) is 20.7. The van der Waals surface area contributed by atoms with E-state index in [-0.39, 0.29) is 55.5 Å². The van der Waals surface area contributed by atoms with E-state index in [9.17, 15) is 23.6 Å². The standard InChI is InChI=1S/C36H40FN5O7/c1-47-31-4-2-23-3-5-33(43)39-20-24-16-27(37)19-28(17-24)49-30-10-15-42(21-29(30)40-34(44)22-48-32(31)18-23)36(46)26-8-13-41(14-9-26)35(45)25-6-11-38-12-7-25/h2,4,6-7,11-12,16-19,26,29-30H,3,5,8-10,13-15,20-22H2,1H3,(H,39,43)(H,40,44)/t29-,30-/m1/s1. The number of aryl methyl sites for hydroxylation is 1. The van der Waals surface area contributed by atoms with Crippen LogP contribution in [0.15, 0.2) is 60.9 Å². The van der Waals surface area contributed by atoms with Crippen LogP contribution in [0.5, 0.6) is 17.2 Å². The first-order valence-corrected chi connectivity index (χ1v) is 16.6. The van der Waals surface area contributed by atoms with E-state index < -0.39 is 23.9 Å². The average Bonchev–Trinajstić information content (AvgIpc) is 3.12. The average molecular weight is 674 g/mol. The Labute approximate surface area is 283 Å². The van der Waals surface area contributed by atoms with Gasteiger partial charge in [-0.2, -0.15) is 0 Å². The van der Waals surface area contributed by atoms with Crippen molar-refractivity contribution in [3.8, 4) is 17.2 Å². The Morgan fingerprint density at radius 3 is 2.47 bits per heavy atom. The molecule has 2 fully saturated rings. The van der Waals surface area contributed by atoms with E-state index >= 15 is 0 Å². The molecule has 4 amide bonds. The van der Waals surface area contributed by atoms with Crippen molar-refractivity contribution in [3.63, 3.8) is 0 Å². The Morgan fingerprint density at radius 2 is 1.69 bits per heavy atom. The predicted molar refractivity (Wildman–Crippen MR) is 175 cm³/mol. The number of hydrogen-bond acceptors (Lipinski definition) is 8. The third-order valence-corrected chi connectivity index (χ3v) is 9.20. The summed E-state index contributed by atoms with van der Waals surface area (Å²) in [6.07, 6.45) is 4.65. The maximum absolute atomic E-state index is 14.7. The van der Waals surface area contributed by atoms with Crippen molar-refractivity contribution in [2.45, 2.75) is 50.8 Å². The number of nitrogens with zero attached hydrogens (tertiary/aromatic N) is 3. The van der Waals surface area contributed by atoms with Crippen LogP contribution in [0.2, 0.25) is 0 Å². The molecule has 6 rings (SSSR count). The van der Waals surface area contributed by atoms with Crippen LogP contribution < -0.4 is 24.8 Å². The number of aromatic nitrogens is 1. The maximum atomic E-state index is 14.7. The maximum Gasteiger partial charge on any atom is 0.258 e. The number of carbonyl (C=O) groups is 4. The van der Waals surface area contributed by atoms with E-state index in [1.807, 2.05) is 6.07 Å². The van der Waals surface area contributed by atoms with Crippen LogP contribution in [0.3, 0.4) is 0 Å². The summed E-state index contributed by atoms with van der Waals surface area (Å²) in [5.41, 5.74) is 1.92. The molecule has 3 aliphatic rings. The molecular formula is C36H40FN5O7. The van der Waals surface area contributed by atoms with Crippen LogP contribution in [-0.2, 0) is 27.3 Å². The summed E-state index contributed by atoms with van der Waals surface area (Å²) in [6.45, 7) is 1.27. The van der Waals surface area contributed by atoms with E-state index in [2.05, 4.69) is 15.6 Å². The van der Waals surface area contributed by atoms with Crippen LogP contribution in [0, 0.1) is 11.7 Å². The number of pyridine rings is 1. The van der Waals surface area contributed by atoms with Crippen molar-refractivity contribution in [3.05, 3.63) is 83.4 Å². The van der Waals surface area contributed by atoms with E-state index in [1.165, 1.54) is 19.2 Å². The smallest absolute Gasteiger partial charge is 0.258 e. The predicted octanol–water partition coefficient (Wildman–Crippen LogP) is 2.89. The zero-order valence-corrected chi connectivity index (χ0v) is 27.4. The number of ether oxygens (including phenoxy) is 3. The summed E-state index contributed by atoms with van der Waals surface area (Å²) in [4.78, 5) is 60.1. The Balaban J connectivity index is 1.17. The van der Waals surface area contributed by atoms with Gasteiger partial charge in [-0.05, 0) is 66.8 Å². The summed E-state index contributed by atoms with van der Waals surface area (Å²) in [7, 11) is 1.50. The van der Waals surface area contributed by atoms with E-state index in [4.69, 9.17) is 14.2 Å². The second kappa shape index (κ2) is 15.3. The van der Waals surface area contributed by atoms with Gasteiger partial charge in [0.1, 0.15) is 17.7 Å². The third-order valence-electron chi connectivity index (χ3n) is 9.20. The van der Waals surface area contributed by atoms with Crippen molar-refractivity contribution in [2.24, 2.45) is 5.92 Å². The van der Waals surface area contributed by atoms with Gasteiger partial charge in [0, 0.05) is 75.5 Å². The molecule has 0 saturated carbocycles. The van der Waals surface area contributed by atoms with E-state index in [1.54, 1.807) is 52.5 Å². The fourth-order valence-corrected chi connectivity index (χ4v) is 6.57. The molecule has 4 bridgehead atoms. The third kappa shape index (κ3) is 8.45. The number of hydrogen-bond donors (Lipinski definition) is 2. The number of fused-ring (bicyclic) bond motifs is 5. The van der Waals surface area contributed by atoms with E-state index in [0.717, 1.165) is 5.56 Å². The van der Waals surface area contributed by atoms with Gasteiger partial charge in [0.05, 0.1) is 13.2 Å². The van der Waals surface area contributed by atoms with Crippen molar-refractivity contribution in [2.75, 3.05) is 39.9 Å². The summed E-state index contributed by atoms with van der Waals surface area (Å²) in [5, 5.41) is 5.83. The molecule has 13 heteroatoms. The minimum Gasteiger partial charge on any atom is -0.493 e. The van der Waals surface area contributed by atoms with Crippen LogP contribution in [0.1, 0.15) is 47.2 Å². The topological polar surface area (TPSA) is 139 Å². The molecule has 49 heavy (non-hydrogen) atoms. The molecule has 2 aromatic carbocycles. The monoisotopic (exact) mass is 673 g/mol. The number of halogens is 1. The first-order chi connectivity index (χ1) is 23.7. The molecular weight excluding hydrogens is 633 g/mol. The lowest BCUT2D eigenvalue weighted by Crippen LogP contribution is -2.59. The number of benzene rings is 2. The summed E-state index contributed by atoms with van der Waals surface area (Å²) < 4.78 is 32.2. The van der Waals surface area contributed by atoms with Gasteiger partial charge in [0.15, 0.2) is 18.1 Å². The molecule has 0 aliphatic carbocycles. The van der Waals surface area contributed by atoms with Crippen LogP contribution in [-0.4, -0.2) is 90.5 Å². The summed E-state index contributed by atoms with van der Waals surface area (Å²) >= 11 is 0. The van der Waals surface area contributed by atoms with Gasteiger partial charge in [-0.15, -0.1) is 0 Å². The molecule has 1 aromatic heterocycles. The first kappa shape index (κ1) is 33.7. The lowest BCUT2D eigenvalue weighted by molar-refractivity contribution is -0.140. The van der Waals surface area contributed by atoms with Gasteiger partial charge in [0.25, 0.3) is 11.8 Å². The fourth-order valence-electron chi connectivity index (χ4n) is 6.57. The molecule has 4 heterocycles. The largest absolute Gasteiger partial charge is 0.493 e. The minimum absolute atomic E-state index is 0.0373. The molecule has 0 unspecified atom stereocenters. The second-order valence-electron chi connectivity index (χ2n) is 12.6. The zero-order valence-electron chi connectivity index (χ0n) is 27.4. The molecule has 2 N–H and O–H groups in total. The van der Waals surface area contributed by atoms with Crippen molar-refractivity contribution in [1.82, 2.24) is 25.4 Å². The number of amides is 4. The number of piperidine rings is 2. The second-order valence-corrected chi connectivity index (χ2v) is 12.6. The number of nitrogens with one attached hydrogen (secondary N) is 2. The molecule has 258 valence electrons. The lowest BCUT2D eigenvalue weighted by Gasteiger charge is -2.41. The van der Waals surface area contributed by atoms with Crippen LogP contribution >= 0.6 is 0 Å². The lowest BCUT2D eigenvalue weighted by atomic mass is 9.92. The van der Waals surface area contributed by atoms with Crippen molar-refractivity contribution < 1.29 is 37.8 Å². The Bertz CT molecular complexity index is 1680. The Morgan fingerprint density at radius 1 is 0.918 bits per heavy atom. The molecule has 12 nitrogen and oxygen atoms in total. The van der Waals surface area contributed by atoms with Gasteiger partial charge in [-0.25, -0.2) is 4.39 Å². The number of likely N-dealkylation sites (tertiary alicyclic amines) is 2. The van der Waals surface area contributed by atoms with Gasteiger partial charge in [-0.3, -0.25) is 24.2 Å². The number of methoxy groups -OCH3 is 1. The first-order valence-electron chi connectivity index (χ1n) is 16.6. The molecule has 3 aliphatic heterocycles. The fraction of sp³-hybridized carbons (Fsp3) is 0.417. The SMILES string of the molecule is COc1ccc2cc1OCC(=O)N[C@@H]1CN(C(=O)C3CCN(C(=O)c4ccncc4)CC3)CC[C@H]1Oc1cc(F)cc(c1)CNC(=O)CC2. The van der Waals surface area contributed by atoms with Gasteiger partial charge in [0.2, 0.25) is 11.8 Å².